The number of carboxylic acids is 1. The fraction of sp³-hybridized carbons (Fsp3) is 0.111. The minimum absolute atomic E-state index is 0.0483. The molecular weight excluding hydrogens is 444 g/mol. The Bertz CT molecular complexity index is 1450. The Morgan fingerprint density at radius 3 is 2.57 bits per heavy atom. The number of phenols is 1. The molecule has 0 aliphatic carbocycles. The monoisotopic (exact) mass is 464 g/mol. The molecule has 2 N–H and O–H groups in total. The van der Waals surface area contributed by atoms with Gasteiger partial charge in [0.2, 0.25) is 0 Å². The second-order valence-corrected chi connectivity index (χ2v) is 8.20. The van der Waals surface area contributed by atoms with E-state index in [0.29, 0.717) is 11.4 Å². The van der Waals surface area contributed by atoms with Gasteiger partial charge in [-0.05, 0) is 65.5 Å². The summed E-state index contributed by atoms with van der Waals surface area (Å²) in [6.07, 6.45) is 3.38. The number of carboxylic acid groups (broad SMARTS) is 1. The molecule has 2 aliphatic rings. The number of hydrazone groups is 1. The standard InChI is InChI=1S/C27H20N4O4/c1-28-25-22(26(33)31(29-25)19-7-3-2-4-8-19)15-17-9-12-23-18(14-17)6-5-13-30(23)20-10-11-21(27(34)35)24(32)16-20/h2-4,7-12,14-16,32H,5-6,13H2,(H,34,35)/b22-15-. The number of rotatable bonds is 4. The number of nitrogens with zero attached hydrogens (tertiary/aromatic N) is 4. The van der Waals surface area contributed by atoms with Crippen molar-refractivity contribution in [2.24, 2.45) is 5.10 Å². The van der Waals surface area contributed by atoms with E-state index in [-0.39, 0.29) is 28.6 Å². The summed E-state index contributed by atoms with van der Waals surface area (Å²) in [6, 6.07) is 19.3. The molecule has 172 valence electrons. The van der Waals surface area contributed by atoms with Crippen molar-refractivity contribution in [3.8, 4) is 5.75 Å². The molecule has 0 unspecified atom stereocenters. The minimum atomic E-state index is -1.18. The molecule has 3 aromatic carbocycles. The zero-order valence-corrected chi connectivity index (χ0v) is 18.5. The summed E-state index contributed by atoms with van der Waals surface area (Å²) < 4.78 is 0. The first-order valence-corrected chi connectivity index (χ1v) is 11.0. The SMILES string of the molecule is [C-]#[N+]C1=NN(c2ccccc2)C(=O)/C1=C\c1ccc2c(c1)CCCN2c1ccc(C(=O)O)c(O)c1. The summed E-state index contributed by atoms with van der Waals surface area (Å²) in [5.74, 6) is -1.76. The van der Waals surface area contributed by atoms with Gasteiger partial charge >= 0.3 is 11.8 Å². The summed E-state index contributed by atoms with van der Waals surface area (Å²) in [4.78, 5) is 29.7. The van der Waals surface area contributed by atoms with Crippen molar-refractivity contribution >= 4 is 40.9 Å². The van der Waals surface area contributed by atoms with E-state index in [4.69, 9.17) is 6.57 Å². The van der Waals surface area contributed by atoms with Gasteiger partial charge in [-0.2, -0.15) is 0 Å². The lowest BCUT2D eigenvalue weighted by molar-refractivity contribution is -0.114. The maximum absolute atomic E-state index is 13.0. The Kier molecular flexibility index (Phi) is 5.51. The molecule has 0 spiro atoms. The third-order valence-electron chi connectivity index (χ3n) is 6.02. The molecule has 8 heteroatoms. The van der Waals surface area contributed by atoms with Crippen LogP contribution in [0.4, 0.5) is 17.1 Å². The lowest BCUT2D eigenvalue weighted by atomic mass is 9.97. The van der Waals surface area contributed by atoms with Crippen molar-refractivity contribution in [2.75, 3.05) is 16.5 Å². The van der Waals surface area contributed by atoms with E-state index < -0.39 is 5.97 Å². The van der Waals surface area contributed by atoms with E-state index in [1.807, 2.05) is 41.3 Å². The molecule has 0 saturated carbocycles. The summed E-state index contributed by atoms with van der Waals surface area (Å²) in [7, 11) is 0. The van der Waals surface area contributed by atoms with Crippen molar-refractivity contribution in [1.29, 1.82) is 0 Å². The van der Waals surface area contributed by atoms with Crippen molar-refractivity contribution in [3.63, 3.8) is 0 Å². The molecule has 0 atom stereocenters. The number of aromatic hydroxyl groups is 1. The summed E-state index contributed by atoms with van der Waals surface area (Å²) in [6.45, 7) is 8.20. The number of carbonyl (C=O) groups excluding carboxylic acids is 1. The van der Waals surface area contributed by atoms with Crippen molar-refractivity contribution < 1.29 is 19.8 Å². The zero-order chi connectivity index (χ0) is 24.5. The number of aryl methyl sites for hydroxylation is 1. The van der Waals surface area contributed by atoms with Crippen LogP contribution in [0.3, 0.4) is 0 Å². The summed E-state index contributed by atoms with van der Waals surface area (Å²) in [5, 5.41) is 24.8. The molecule has 5 rings (SSSR count). The number of benzene rings is 3. The van der Waals surface area contributed by atoms with E-state index in [2.05, 4.69) is 9.95 Å². The van der Waals surface area contributed by atoms with E-state index in [1.165, 1.54) is 17.1 Å². The Labute approximate surface area is 201 Å². The van der Waals surface area contributed by atoms with Crippen LogP contribution in [-0.2, 0) is 11.2 Å². The van der Waals surface area contributed by atoms with Gasteiger partial charge in [-0.1, -0.05) is 36.9 Å². The highest BCUT2D eigenvalue weighted by molar-refractivity contribution is 6.34. The fourth-order valence-electron chi connectivity index (χ4n) is 4.37. The number of aromatic carboxylic acids is 1. The van der Waals surface area contributed by atoms with Crippen molar-refractivity contribution in [1.82, 2.24) is 0 Å². The van der Waals surface area contributed by atoms with E-state index in [1.54, 1.807) is 24.3 Å². The number of hydrogen-bond donors (Lipinski definition) is 2. The molecule has 0 fully saturated rings. The third-order valence-corrected chi connectivity index (χ3v) is 6.02. The highest BCUT2D eigenvalue weighted by atomic mass is 16.4. The van der Waals surface area contributed by atoms with Gasteiger partial charge in [0.1, 0.15) is 11.3 Å². The smallest absolute Gasteiger partial charge is 0.339 e. The maximum atomic E-state index is 13.0. The topological polar surface area (TPSA) is 97.8 Å². The van der Waals surface area contributed by atoms with Crippen LogP contribution in [-0.4, -0.2) is 34.5 Å². The number of anilines is 3. The molecule has 0 bridgehead atoms. The van der Waals surface area contributed by atoms with Gasteiger partial charge < -0.3 is 20.0 Å². The van der Waals surface area contributed by atoms with Gasteiger partial charge in [0.05, 0.1) is 11.3 Å². The predicted octanol–water partition coefficient (Wildman–Crippen LogP) is 4.84. The van der Waals surface area contributed by atoms with Crippen molar-refractivity contribution in [3.05, 3.63) is 100 Å². The summed E-state index contributed by atoms with van der Waals surface area (Å²) in [5.41, 5.74) is 4.18. The van der Waals surface area contributed by atoms with Crippen LogP contribution in [0.5, 0.6) is 5.75 Å². The van der Waals surface area contributed by atoms with Gasteiger partial charge in [0.15, 0.2) is 0 Å². The highest BCUT2D eigenvalue weighted by Gasteiger charge is 2.34. The third kappa shape index (κ3) is 4.00. The molecule has 0 radical (unpaired) electrons. The quantitative estimate of drug-likeness (QED) is 0.425. The molecule has 2 heterocycles. The van der Waals surface area contributed by atoms with Crippen molar-refractivity contribution in [2.45, 2.75) is 12.8 Å². The molecule has 3 aromatic rings. The number of carbonyl (C=O) groups is 2. The minimum Gasteiger partial charge on any atom is -0.507 e. The lowest BCUT2D eigenvalue weighted by Gasteiger charge is -2.32. The molecule has 8 nitrogen and oxygen atoms in total. The first kappa shape index (κ1) is 21.9. The van der Waals surface area contributed by atoms with Crippen LogP contribution in [0.2, 0.25) is 0 Å². The molecule has 0 saturated heterocycles. The number of para-hydroxylation sites is 1. The largest absolute Gasteiger partial charge is 0.507 e. The highest BCUT2D eigenvalue weighted by Crippen LogP contribution is 2.37. The van der Waals surface area contributed by atoms with Gasteiger partial charge in [-0.15, -0.1) is 5.01 Å². The molecule has 0 aromatic heterocycles. The Hall–Kier alpha value is -4.90. The van der Waals surface area contributed by atoms with Gasteiger partial charge in [0, 0.05) is 24.0 Å². The average molecular weight is 464 g/mol. The van der Waals surface area contributed by atoms with Gasteiger partial charge in [-0.3, -0.25) is 4.79 Å². The van der Waals surface area contributed by atoms with Crippen LogP contribution >= 0.6 is 0 Å². The zero-order valence-electron chi connectivity index (χ0n) is 18.5. The lowest BCUT2D eigenvalue weighted by Crippen LogP contribution is -2.24. The second kappa shape index (κ2) is 8.80. The number of amides is 1. The molecular formula is C27H20N4O4. The van der Waals surface area contributed by atoms with Gasteiger partial charge in [0.25, 0.3) is 5.91 Å². The summed E-state index contributed by atoms with van der Waals surface area (Å²) >= 11 is 0. The Morgan fingerprint density at radius 1 is 1.06 bits per heavy atom. The van der Waals surface area contributed by atoms with Crippen LogP contribution in [0.15, 0.2) is 77.4 Å². The van der Waals surface area contributed by atoms with Crippen LogP contribution < -0.4 is 9.91 Å². The number of amidine groups is 1. The first-order chi connectivity index (χ1) is 17.0. The number of fused-ring (bicyclic) bond motifs is 1. The first-order valence-electron chi connectivity index (χ1n) is 11.0. The average Bonchev–Trinajstić information content (AvgIpc) is 3.18. The molecule has 35 heavy (non-hydrogen) atoms. The van der Waals surface area contributed by atoms with E-state index in [9.17, 15) is 19.8 Å². The Morgan fingerprint density at radius 2 is 1.86 bits per heavy atom. The number of hydrogen-bond acceptors (Lipinski definition) is 5. The normalized spacial score (nSPS) is 16.1. The van der Waals surface area contributed by atoms with Crippen LogP contribution in [0.25, 0.3) is 10.9 Å². The van der Waals surface area contributed by atoms with Gasteiger partial charge in [-0.25, -0.2) is 4.79 Å². The van der Waals surface area contributed by atoms with Crippen LogP contribution in [0.1, 0.15) is 27.9 Å². The van der Waals surface area contributed by atoms with E-state index >= 15 is 0 Å². The maximum Gasteiger partial charge on any atom is 0.339 e. The fourth-order valence-corrected chi connectivity index (χ4v) is 4.37. The Balaban J connectivity index is 1.47. The molecule has 2 aliphatic heterocycles. The van der Waals surface area contributed by atoms with Crippen LogP contribution in [0, 0.1) is 6.57 Å². The molecule has 1 amide bonds. The predicted molar refractivity (Wildman–Crippen MR) is 133 cm³/mol. The van der Waals surface area contributed by atoms with E-state index in [0.717, 1.165) is 36.2 Å². The second-order valence-electron chi connectivity index (χ2n) is 8.20.